The Morgan fingerprint density at radius 3 is 2.61 bits per heavy atom. The molecular formula is C17H22N2O3S. The van der Waals surface area contributed by atoms with E-state index in [0.717, 1.165) is 23.9 Å². The van der Waals surface area contributed by atoms with E-state index in [1.165, 1.54) is 0 Å². The summed E-state index contributed by atoms with van der Waals surface area (Å²) in [7, 11) is -3.54. The van der Waals surface area contributed by atoms with E-state index < -0.39 is 10.0 Å². The second-order valence-electron chi connectivity index (χ2n) is 5.91. The van der Waals surface area contributed by atoms with Crippen LogP contribution in [-0.2, 0) is 14.8 Å². The predicted octanol–water partition coefficient (Wildman–Crippen LogP) is 1.84. The van der Waals surface area contributed by atoms with Gasteiger partial charge in [-0.15, -0.1) is 0 Å². The Kier molecular flexibility index (Phi) is 4.96. The van der Waals surface area contributed by atoms with Gasteiger partial charge >= 0.3 is 0 Å². The third kappa shape index (κ3) is 3.90. The first-order chi connectivity index (χ1) is 11.1. The summed E-state index contributed by atoms with van der Waals surface area (Å²) in [6, 6.07) is 12.7. The lowest BCUT2D eigenvalue weighted by atomic mass is 10.1. The number of morpholine rings is 1. The lowest BCUT2D eigenvalue weighted by molar-refractivity contribution is 0.0354. The summed E-state index contributed by atoms with van der Waals surface area (Å²) in [5.41, 5.74) is 0. The van der Waals surface area contributed by atoms with Gasteiger partial charge in [-0.3, -0.25) is 4.90 Å². The summed E-state index contributed by atoms with van der Waals surface area (Å²) in [6.07, 6.45) is 0. The maximum Gasteiger partial charge on any atom is 0.241 e. The fourth-order valence-electron chi connectivity index (χ4n) is 2.97. The van der Waals surface area contributed by atoms with Gasteiger partial charge in [-0.1, -0.05) is 36.4 Å². The predicted molar refractivity (Wildman–Crippen MR) is 91.0 cm³/mol. The number of ether oxygens (including phenoxy) is 1. The number of sulfonamides is 1. The van der Waals surface area contributed by atoms with Crippen LogP contribution >= 0.6 is 0 Å². The molecule has 3 rings (SSSR count). The Bertz CT molecular complexity index is 765. The van der Waals surface area contributed by atoms with Crippen molar-refractivity contribution in [3.63, 3.8) is 0 Å². The van der Waals surface area contributed by atoms with E-state index in [1.54, 1.807) is 12.1 Å². The smallest absolute Gasteiger partial charge is 0.241 e. The number of nitrogens with zero attached hydrogens (tertiary/aromatic N) is 1. The van der Waals surface area contributed by atoms with Gasteiger partial charge in [0.25, 0.3) is 0 Å². The van der Waals surface area contributed by atoms with E-state index >= 15 is 0 Å². The average Bonchev–Trinajstić information content (AvgIpc) is 2.54. The fourth-order valence-corrected chi connectivity index (χ4v) is 4.43. The zero-order chi connectivity index (χ0) is 16.3. The van der Waals surface area contributed by atoms with Crippen molar-refractivity contribution >= 4 is 20.8 Å². The first-order valence-corrected chi connectivity index (χ1v) is 9.35. The van der Waals surface area contributed by atoms with E-state index in [9.17, 15) is 8.42 Å². The molecule has 0 amide bonds. The van der Waals surface area contributed by atoms with Crippen LogP contribution in [-0.4, -0.2) is 52.2 Å². The molecule has 1 aliphatic rings. The van der Waals surface area contributed by atoms with Crippen LogP contribution in [0.5, 0.6) is 0 Å². The number of benzene rings is 2. The van der Waals surface area contributed by atoms with Crippen LogP contribution in [0, 0.1) is 0 Å². The van der Waals surface area contributed by atoms with Gasteiger partial charge in [0.15, 0.2) is 0 Å². The lowest BCUT2D eigenvalue weighted by Crippen LogP contribution is -2.45. The lowest BCUT2D eigenvalue weighted by Gasteiger charge is -2.29. The molecule has 0 bridgehead atoms. The first kappa shape index (κ1) is 16.4. The van der Waals surface area contributed by atoms with Gasteiger partial charge in [0.1, 0.15) is 0 Å². The molecular weight excluding hydrogens is 312 g/mol. The van der Waals surface area contributed by atoms with Crippen LogP contribution in [0.3, 0.4) is 0 Å². The van der Waals surface area contributed by atoms with Crippen LogP contribution in [0.2, 0.25) is 0 Å². The molecule has 23 heavy (non-hydrogen) atoms. The van der Waals surface area contributed by atoms with E-state index in [1.807, 2.05) is 37.3 Å². The van der Waals surface area contributed by atoms with Gasteiger partial charge in [-0.25, -0.2) is 13.1 Å². The molecule has 1 saturated heterocycles. The van der Waals surface area contributed by atoms with Crippen molar-refractivity contribution in [2.75, 3.05) is 32.8 Å². The molecule has 0 aromatic heterocycles. The van der Waals surface area contributed by atoms with E-state index in [0.29, 0.717) is 24.7 Å². The highest BCUT2D eigenvalue weighted by Crippen LogP contribution is 2.22. The molecule has 0 unspecified atom stereocenters. The molecule has 5 nitrogen and oxygen atoms in total. The number of hydrogen-bond acceptors (Lipinski definition) is 4. The van der Waals surface area contributed by atoms with Crippen molar-refractivity contribution in [1.82, 2.24) is 9.62 Å². The molecule has 2 aromatic carbocycles. The van der Waals surface area contributed by atoms with Gasteiger partial charge in [0, 0.05) is 31.1 Å². The summed E-state index contributed by atoms with van der Waals surface area (Å²) in [4.78, 5) is 2.56. The normalized spacial score (nSPS) is 18.1. The van der Waals surface area contributed by atoms with E-state index in [-0.39, 0.29) is 6.04 Å². The van der Waals surface area contributed by atoms with Crippen molar-refractivity contribution in [3.8, 4) is 0 Å². The SMILES string of the molecule is C[C@H](CN1CCOCC1)NS(=O)(=O)c1cccc2ccccc12. The maximum atomic E-state index is 12.7. The highest BCUT2D eigenvalue weighted by molar-refractivity contribution is 7.89. The van der Waals surface area contributed by atoms with Gasteiger partial charge in [0.05, 0.1) is 18.1 Å². The van der Waals surface area contributed by atoms with Gasteiger partial charge in [-0.2, -0.15) is 0 Å². The average molecular weight is 334 g/mol. The zero-order valence-electron chi connectivity index (χ0n) is 13.2. The zero-order valence-corrected chi connectivity index (χ0v) is 14.1. The van der Waals surface area contributed by atoms with Crippen molar-refractivity contribution < 1.29 is 13.2 Å². The van der Waals surface area contributed by atoms with Crippen LogP contribution < -0.4 is 4.72 Å². The molecule has 1 heterocycles. The third-order valence-electron chi connectivity index (χ3n) is 4.03. The quantitative estimate of drug-likeness (QED) is 0.906. The summed E-state index contributed by atoms with van der Waals surface area (Å²) in [5.74, 6) is 0. The first-order valence-electron chi connectivity index (χ1n) is 7.86. The van der Waals surface area contributed by atoms with Gasteiger partial charge < -0.3 is 4.74 Å². The van der Waals surface area contributed by atoms with Crippen molar-refractivity contribution in [1.29, 1.82) is 0 Å². The molecule has 0 radical (unpaired) electrons. The number of nitrogens with one attached hydrogen (secondary N) is 1. The highest BCUT2D eigenvalue weighted by Gasteiger charge is 2.21. The highest BCUT2D eigenvalue weighted by atomic mass is 32.2. The Morgan fingerprint density at radius 2 is 1.83 bits per heavy atom. The summed E-state index contributed by atoms with van der Waals surface area (Å²) >= 11 is 0. The van der Waals surface area contributed by atoms with Crippen LogP contribution in [0.4, 0.5) is 0 Å². The van der Waals surface area contributed by atoms with Gasteiger partial charge in [-0.05, 0) is 18.4 Å². The summed E-state index contributed by atoms with van der Waals surface area (Å²) < 4.78 is 33.6. The Labute approximate surface area is 137 Å². The van der Waals surface area contributed by atoms with Crippen LogP contribution in [0.25, 0.3) is 10.8 Å². The van der Waals surface area contributed by atoms with Crippen molar-refractivity contribution in [2.24, 2.45) is 0 Å². The Morgan fingerprint density at radius 1 is 1.13 bits per heavy atom. The Hall–Kier alpha value is -1.47. The molecule has 124 valence electrons. The fraction of sp³-hybridized carbons (Fsp3) is 0.412. The Balaban J connectivity index is 1.77. The minimum Gasteiger partial charge on any atom is -0.379 e. The van der Waals surface area contributed by atoms with Crippen LogP contribution in [0.1, 0.15) is 6.92 Å². The maximum absolute atomic E-state index is 12.7. The second kappa shape index (κ2) is 6.97. The van der Waals surface area contributed by atoms with Crippen molar-refractivity contribution in [2.45, 2.75) is 17.9 Å². The standard InChI is InChI=1S/C17H22N2O3S/c1-14(13-19-9-11-22-12-10-19)18-23(20,21)17-8-4-6-15-5-2-3-7-16(15)17/h2-8,14,18H,9-13H2,1H3/t14-/m1/s1. The molecule has 1 N–H and O–H groups in total. The molecule has 1 aliphatic heterocycles. The summed E-state index contributed by atoms with van der Waals surface area (Å²) in [5, 5.41) is 1.68. The molecule has 1 atom stereocenters. The molecule has 1 fully saturated rings. The topological polar surface area (TPSA) is 58.6 Å². The molecule has 0 saturated carbocycles. The minimum atomic E-state index is -3.54. The largest absolute Gasteiger partial charge is 0.379 e. The van der Waals surface area contributed by atoms with Gasteiger partial charge in [0.2, 0.25) is 10.0 Å². The second-order valence-corrected chi connectivity index (χ2v) is 7.60. The number of hydrogen-bond donors (Lipinski definition) is 1. The molecule has 2 aromatic rings. The number of fused-ring (bicyclic) bond motifs is 1. The van der Waals surface area contributed by atoms with E-state index in [4.69, 9.17) is 4.74 Å². The number of rotatable bonds is 5. The third-order valence-corrected chi connectivity index (χ3v) is 5.68. The monoisotopic (exact) mass is 334 g/mol. The van der Waals surface area contributed by atoms with E-state index in [2.05, 4.69) is 9.62 Å². The molecule has 0 aliphatic carbocycles. The summed E-state index contributed by atoms with van der Waals surface area (Å²) in [6.45, 7) is 5.71. The van der Waals surface area contributed by atoms with Crippen LogP contribution in [0.15, 0.2) is 47.4 Å². The molecule has 0 spiro atoms. The van der Waals surface area contributed by atoms with Crippen molar-refractivity contribution in [3.05, 3.63) is 42.5 Å². The molecule has 6 heteroatoms. The minimum absolute atomic E-state index is 0.155.